The van der Waals surface area contributed by atoms with E-state index < -0.39 is 47.0 Å². The Morgan fingerprint density at radius 2 is 1.78 bits per heavy atom. The van der Waals surface area contributed by atoms with Gasteiger partial charge in [0, 0.05) is 23.2 Å². The molecule has 2 saturated carbocycles. The topological polar surface area (TPSA) is 97.6 Å². The highest BCUT2D eigenvalue weighted by Gasteiger charge is 2.97. The monoisotopic (exact) mass is 382 g/mol. The Morgan fingerprint density at radius 3 is 2.48 bits per heavy atom. The number of aliphatic hydroxyl groups excluding tert-OH is 2. The smallest absolute Gasteiger partial charge is 0.188 e. The normalized spacial score (nSPS) is 66.1. The van der Waals surface area contributed by atoms with Crippen LogP contribution in [0.2, 0.25) is 0 Å². The first-order valence-electron chi connectivity index (χ1n) is 10.2. The van der Waals surface area contributed by atoms with Crippen molar-refractivity contribution < 1.29 is 34.3 Å². The van der Waals surface area contributed by atoms with Crippen molar-refractivity contribution in [3.05, 3.63) is 0 Å². The molecule has 6 rings (SSSR count). The zero-order valence-electron chi connectivity index (χ0n) is 16.3. The second-order valence-electron chi connectivity index (χ2n) is 10.9. The molecule has 4 saturated heterocycles. The van der Waals surface area contributed by atoms with Gasteiger partial charge in [-0.2, -0.15) is 0 Å². The van der Waals surface area contributed by atoms with Crippen LogP contribution in [0.25, 0.3) is 0 Å². The number of aliphatic hydroxyl groups is 3. The van der Waals surface area contributed by atoms with Crippen molar-refractivity contribution in [2.75, 3.05) is 6.61 Å². The molecule has 0 aromatic rings. The summed E-state index contributed by atoms with van der Waals surface area (Å²) < 4.78 is 24.6. The summed E-state index contributed by atoms with van der Waals surface area (Å²) in [7, 11) is 0. The zero-order valence-corrected chi connectivity index (χ0v) is 16.3. The number of ether oxygens (including phenoxy) is 4. The molecular formula is C20H30O7. The average Bonchev–Trinajstić information content (AvgIpc) is 3.27. The second kappa shape index (κ2) is 4.56. The lowest BCUT2D eigenvalue weighted by Gasteiger charge is -2.48. The van der Waals surface area contributed by atoms with E-state index in [2.05, 4.69) is 20.8 Å². The minimum atomic E-state index is -1.33. The van der Waals surface area contributed by atoms with E-state index >= 15 is 0 Å². The van der Waals surface area contributed by atoms with Crippen LogP contribution in [-0.2, 0) is 18.9 Å². The number of hydrogen-bond acceptors (Lipinski definition) is 7. The maximum Gasteiger partial charge on any atom is 0.188 e. The van der Waals surface area contributed by atoms with Crippen LogP contribution in [0.1, 0.15) is 47.0 Å². The zero-order chi connectivity index (χ0) is 19.2. The summed E-state index contributed by atoms with van der Waals surface area (Å²) in [5.74, 6) is -0.0161. The molecule has 4 aliphatic heterocycles. The maximum absolute atomic E-state index is 12.0. The van der Waals surface area contributed by atoms with Gasteiger partial charge in [-0.1, -0.05) is 27.7 Å². The minimum Gasteiger partial charge on any atom is -0.384 e. The van der Waals surface area contributed by atoms with Gasteiger partial charge in [-0.05, 0) is 24.2 Å². The average molecular weight is 382 g/mol. The molecule has 3 N–H and O–H groups in total. The van der Waals surface area contributed by atoms with Crippen LogP contribution in [0.5, 0.6) is 0 Å². The Labute approximate surface area is 158 Å². The molecule has 11 atom stereocenters. The van der Waals surface area contributed by atoms with Crippen LogP contribution < -0.4 is 0 Å². The van der Waals surface area contributed by atoms with Crippen molar-refractivity contribution in [2.45, 2.75) is 89.2 Å². The first-order chi connectivity index (χ1) is 12.6. The van der Waals surface area contributed by atoms with E-state index in [0.29, 0.717) is 19.4 Å². The van der Waals surface area contributed by atoms with Gasteiger partial charge < -0.3 is 34.3 Å². The van der Waals surface area contributed by atoms with Crippen LogP contribution in [-0.4, -0.2) is 64.2 Å². The molecule has 1 unspecified atom stereocenters. The van der Waals surface area contributed by atoms with E-state index in [9.17, 15) is 15.3 Å². The van der Waals surface area contributed by atoms with E-state index in [4.69, 9.17) is 18.9 Å². The SMILES string of the molecule is C[C@@H]1CO[C@H]2C[C@]34[C@H]5C[C@@H](C(C)(C)C)[C@]36C[C@@H](O)O[C@H]6O[C@@]4(C(O)O5)[C@@]12O. The van der Waals surface area contributed by atoms with Crippen molar-refractivity contribution in [3.8, 4) is 0 Å². The van der Waals surface area contributed by atoms with Gasteiger partial charge in [-0.15, -0.1) is 0 Å². The molecule has 6 fully saturated rings. The lowest BCUT2D eigenvalue weighted by molar-refractivity contribution is -0.308. The molecular weight excluding hydrogens is 352 g/mol. The predicted octanol–water partition coefficient (Wildman–Crippen LogP) is 0.746. The van der Waals surface area contributed by atoms with Gasteiger partial charge in [0.15, 0.2) is 24.5 Å². The fraction of sp³-hybridized carbons (Fsp3) is 1.00. The molecule has 2 aliphatic carbocycles. The van der Waals surface area contributed by atoms with Crippen LogP contribution >= 0.6 is 0 Å². The Bertz CT molecular complexity index is 707. The van der Waals surface area contributed by atoms with Gasteiger partial charge in [-0.25, -0.2) is 0 Å². The maximum atomic E-state index is 12.0. The lowest BCUT2D eigenvalue weighted by atomic mass is 9.52. The fourth-order valence-corrected chi connectivity index (χ4v) is 8.52. The van der Waals surface area contributed by atoms with E-state index in [1.807, 2.05) is 6.92 Å². The lowest BCUT2D eigenvalue weighted by Crippen LogP contribution is -2.66. The molecule has 0 aromatic carbocycles. The minimum absolute atomic E-state index is 0.0642. The molecule has 0 radical (unpaired) electrons. The van der Waals surface area contributed by atoms with E-state index in [0.717, 1.165) is 6.42 Å². The molecule has 6 aliphatic rings. The summed E-state index contributed by atoms with van der Waals surface area (Å²) in [6, 6.07) is 0. The fourth-order valence-electron chi connectivity index (χ4n) is 8.52. The van der Waals surface area contributed by atoms with Gasteiger partial charge >= 0.3 is 0 Å². The molecule has 0 aromatic heterocycles. The van der Waals surface area contributed by atoms with Gasteiger partial charge in [0.2, 0.25) is 0 Å². The quantitative estimate of drug-likeness (QED) is 0.569. The highest BCUT2D eigenvalue weighted by atomic mass is 16.8. The van der Waals surface area contributed by atoms with Crippen molar-refractivity contribution in [1.82, 2.24) is 0 Å². The Kier molecular flexibility index (Phi) is 2.97. The summed E-state index contributed by atoms with van der Waals surface area (Å²) in [5, 5.41) is 33.5. The van der Waals surface area contributed by atoms with Crippen LogP contribution in [0.4, 0.5) is 0 Å². The van der Waals surface area contributed by atoms with Crippen molar-refractivity contribution >= 4 is 0 Å². The first-order valence-corrected chi connectivity index (χ1v) is 10.2. The van der Waals surface area contributed by atoms with Crippen LogP contribution in [0, 0.1) is 28.1 Å². The van der Waals surface area contributed by atoms with Gasteiger partial charge in [0.25, 0.3) is 0 Å². The Balaban J connectivity index is 1.64. The molecule has 7 heteroatoms. The van der Waals surface area contributed by atoms with Crippen molar-refractivity contribution in [3.63, 3.8) is 0 Å². The number of fused-ring (bicyclic) bond motifs is 1. The van der Waals surface area contributed by atoms with Crippen LogP contribution in [0.3, 0.4) is 0 Å². The van der Waals surface area contributed by atoms with E-state index in [1.165, 1.54) is 0 Å². The molecule has 4 heterocycles. The van der Waals surface area contributed by atoms with Gasteiger partial charge in [-0.3, -0.25) is 0 Å². The first kappa shape index (κ1) is 17.6. The van der Waals surface area contributed by atoms with Gasteiger partial charge in [0.05, 0.1) is 18.8 Å². The highest BCUT2D eigenvalue weighted by molar-refractivity contribution is 5.40. The Hall–Kier alpha value is -0.280. The second-order valence-corrected chi connectivity index (χ2v) is 10.9. The molecule has 2 spiro atoms. The highest BCUT2D eigenvalue weighted by Crippen LogP contribution is 2.85. The summed E-state index contributed by atoms with van der Waals surface area (Å²) in [6.45, 7) is 8.98. The summed E-state index contributed by atoms with van der Waals surface area (Å²) in [6.07, 6.45) is -1.68. The van der Waals surface area contributed by atoms with Gasteiger partial charge in [0.1, 0.15) is 5.60 Å². The largest absolute Gasteiger partial charge is 0.384 e. The molecule has 0 bridgehead atoms. The predicted molar refractivity (Wildman–Crippen MR) is 91.1 cm³/mol. The van der Waals surface area contributed by atoms with Crippen LogP contribution in [0.15, 0.2) is 0 Å². The molecule has 7 nitrogen and oxygen atoms in total. The standard InChI is InChI=1S/C20H30O7/c1-9-8-24-12-6-18-11-5-10(16(2,3)4)17(18)7-13(21)26-15(17)27-20(18,14(22)25-11)19(9,12)23/h9-15,21-23H,5-8H2,1-4H3/t9-,10+,11-,12+,13+,14?,15+,17+,18+,19-,20-/m1/s1. The summed E-state index contributed by atoms with van der Waals surface area (Å²) >= 11 is 0. The molecule has 27 heavy (non-hydrogen) atoms. The van der Waals surface area contributed by atoms with E-state index in [1.54, 1.807) is 0 Å². The summed E-state index contributed by atoms with van der Waals surface area (Å²) in [4.78, 5) is 0. The molecule has 0 amide bonds. The third kappa shape index (κ3) is 1.43. The third-order valence-corrected chi connectivity index (χ3v) is 9.20. The van der Waals surface area contributed by atoms with E-state index in [-0.39, 0.29) is 23.4 Å². The number of hydrogen-bond donors (Lipinski definition) is 3. The third-order valence-electron chi connectivity index (χ3n) is 9.20. The molecule has 152 valence electrons. The van der Waals surface area contributed by atoms with Crippen molar-refractivity contribution in [1.29, 1.82) is 0 Å². The van der Waals surface area contributed by atoms with Crippen molar-refractivity contribution in [2.24, 2.45) is 28.1 Å². The number of rotatable bonds is 0. The summed E-state index contributed by atoms with van der Waals surface area (Å²) in [5.41, 5.74) is -3.83. The Morgan fingerprint density at radius 1 is 1.04 bits per heavy atom.